The molecule has 1 heterocycles. The van der Waals surface area contributed by atoms with Crippen molar-refractivity contribution in [3.05, 3.63) is 35.4 Å². The summed E-state index contributed by atoms with van der Waals surface area (Å²) in [5.41, 5.74) is -3.74. The highest BCUT2D eigenvalue weighted by Crippen LogP contribution is 2.44. The molecule has 6 nitrogen and oxygen atoms in total. The number of rotatable bonds is 6. The van der Waals surface area contributed by atoms with E-state index in [2.05, 4.69) is 0 Å². The van der Waals surface area contributed by atoms with Gasteiger partial charge in [0.05, 0.1) is 0 Å². The van der Waals surface area contributed by atoms with Crippen LogP contribution in [0.3, 0.4) is 0 Å². The van der Waals surface area contributed by atoms with Gasteiger partial charge in [-0.15, -0.1) is 0 Å². The lowest BCUT2D eigenvalue weighted by atomic mass is 9.94. The number of carbonyl (C=O) groups is 2. The molecule has 2 aliphatic carbocycles. The highest BCUT2D eigenvalue weighted by atomic mass is 19.4. The van der Waals surface area contributed by atoms with E-state index in [9.17, 15) is 33.0 Å². The van der Waals surface area contributed by atoms with Crippen molar-refractivity contribution in [2.24, 2.45) is 0 Å². The van der Waals surface area contributed by atoms with Crippen molar-refractivity contribution in [3.8, 4) is 0 Å². The lowest BCUT2D eigenvalue weighted by molar-refractivity contribution is -0.258. The molecule has 1 saturated heterocycles. The Labute approximate surface area is 178 Å². The third-order valence-corrected chi connectivity index (χ3v) is 7.01. The van der Waals surface area contributed by atoms with E-state index in [1.165, 1.54) is 12.1 Å². The largest absolute Gasteiger partial charge is 0.480 e. The average molecular weight is 440 g/mol. The third kappa shape index (κ3) is 3.93. The molecule has 3 fully saturated rings. The number of likely N-dealkylation sites (tertiary alicyclic amines) is 1. The van der Waals surface area contributed by atoms with Gasteiger partial charge in [-0.3, -0.25) is 14.5 Å². The van der Waals surface area contributed by atoms with Gasteiger partial charge in [-0.2, -0.15) is 13.2 Å². The van der Waals surface area contributed by atoms with Crippen LogP contribution in [0.25, 0.3) is 0 Å². The Morgan fingerprint density at radius 3 is 1.97 bits per heavy atom. The second kappa shape index (κ2) is 7.48. The van der Waals surface area contributed by atoms with Crippen LogP contribution in [0, 0.1) is 0 Å². The van der Waals surface area contributed by atoms with Crippen molar-refractivity contribution in [2.45, 2.75) is 74.8 Å². The maximum atomic E-state index is 13.2. The van der Waals surface area contributed by atoms with Gasteiger partial charge in [-0.1, -0.05) is 12.1 Å². The van der Waals surface area contributed by atoms with Crippen LogP contribution in [-0.4, -0.2) is 68.8 Å². The van der Waals surface area contributed by atoms with Gasteiger partial charge in [0.2, 0.25) is 0 Å². The van der Waals surface area contributed by atoms with Gasteiger partial charge in [0.25, 0.3) is 5.91 Å². The van der Waals surface area contributed by atoms with Crippen molar-refractivity contribution in [3.63, 3.8) is 0 Å². The van der Waals surface area contributed by atoms with Crippen LogP contribution in [0.15, 0.2) is 24.3 Å². The first-order valence-electron chi connectivity index (χ1n) is 10.7. The quantitative estimate of drug-likeness (QED) is 0.711. The maximum Gasteiger partial charge on any atom is 0.421 e. The number of hydrogen-bond acceptors (Lipinski definition) is 4. The first kappa shape index (κ1) is 22.1. The van der Waals surface area contributed by atoms with E-state index < -0.39 is 23.3 Å². The highest BCUT2D eigenvalue weighted by molar-refractivity contribution is 5.95. The Bertz CT molecular complexity index is 853. The van der Waals surface area contributed by atoms with Gasteiger partial charge in [0, 0.05) is 30.7 Å². The Morgan fingerprint density at radius 2 is 1.55 bits per heavy atom. The molecule has 2 saturated carbocycles. The summed E-state index contributed by atoms with van der Waals surface area (Å²) in [5.74, 6) is -1.01. The standard InChI is InChI=1S/C22H27F3N2O4/c1-20(31,22(23,24)25)15-4-2-14(3-5-15)18(28)27(16-6-7-16)17-8-12-26(13-9-17)21(10-11-21)19(29)30/h2-5,16-17,31H,6-13H2,1H3,(H,29,30)/t20-/m0/s1. The first-order chi connectivity index (χ1) is 14.5. The van der Waals surface area contributed by atoms with Crippen LogP contribution < -0.4 is 0 Å². The fourth-order valence-electron chi connectivity index (χ4n) is 4.59. The zero-order valence-electron chi connectivity index (χ0n) is 17.4. The Kier molecular flexibility index (Phi) is 5.33. The molecule has 1 aromatic carbocycles. The van der Waals surface area contributed by atoms with Crippen LogP contribution in [0.2, 0.25) is 0 Å². The number of carboxylic acid groups (broad SMARTS) is 1. The number of hydrogen-bond donors (Lipinski definition) is 2. The second-order valence-electron chi connectivity index (χ2n) is 9.15. The van der Waals surface area contributed by atoms with Crippen LogP contribution in [0.1, 0.15) is 61.4 Å². The lowest BCUT2D eigenvalue weighted by Gasteiger charge is -2.41. The molecule has 9 heteroatoms. The number of aliphatic hydroxyl groups is 1. The fourth-order valence-corrected chi connectivity index (χ4v) is 4.59. The smallest absolute Gasteiger partial charge is 0.421 e. The van der Waals surface area contributed by atoms with Crippen molar-refractivity contribution in [1.29, 1.82) is 0 Å². The number of nitrogens with zero attached hydrogens (tertiary/aromatic N) is 2. The topological polar surface area (TPSA) is 81.1 Å². The van der Waals surface area contributed by atoms with Crippen molar-refractivity contribution < 1.29 is 33.0 Å². The predicted molar refractivity (Wildman–Crippen MR) is 105 cm³/mol. The summed E-state index contributed by atoms with van der Waals surface area (Å²) in [6.45, 7) is 1.92. The SMILES string of the molecule is C[C@](O)(c1ccc(C(=O)N(C2CC2)C2CCN(C3(C(=O)O)CC3)CC2)cc1)C(F)(F)F. The molecular formula is C22H27F3N2O4. The number of carbonyl (C=O) groups excluding carboxylic acids is 1. The first-order valence-corrected chi connectivity index (χ1v) is 10.7. The minimum absolute atomic E-state index is 0.0150. The molecule has 170 valence electrons. The number of aliphatic carboxylic acids is 1. The van der Waals surface area contributed by atoms with Gasteiger partial charge in [0.1, 0.15) is 5.54 Å². The van der Waals surface area contributed by atoms with Gasteiger partial charge in [-0.05, 0) is 63.1 Å². The fraction of sp³-hybridized carbons (Fsp3) is 0.636. The van der Waals surface area contributed by atoms with Crippen molar-refractivity contribution in [1.82, 2.24) is 9.80 Å². The minimum atomic E-state index is -4.82. The summed E-state index contributed by atoms with van der Waals surface area (Å²) in [4.78, 5) is 28.6. The summed E-state index contributed by atoms with van der Waals surface area (Å²) in [6, 6.07) is 5.09. The Hall–Kier alpha value is -2.13. The van der Waals surface area contributed by atoms with E-state index in [1.807, 2.05) is 9.80 Å². The molecule has 3 aliphatic rings. The molecule has 4 rings (SSSR count). The molecule has 0 unspecified atom stereocenters. The monoisotopic (exact) mass is 440 g/mol. The van der Waals surface area contributed by atoms with Gasteiger partial charge >= 0.3 is 12.1 Å². The average Bonchev–Trinajstić information content (AvgIpc) is 3.61. The van der Waals surface area contributed by atoms with E-state index >= 15 is 0 Å². The molecular weight excluding hydrogens is 413 g/mol. The second-order valence-corrected chi connectivity index (χ2v) is 9.15. The van der Waals surface area contributed by atoms with Crippen LogP contribution in [0.5, 0.6) is 0 Å². The maximum absolute atomic E-state index is 13.2. The lowest BCUT2D eigenvalue weighted by Crippen LogP contribution is -2.53. The van der Waals surface area contributed by atoms with E-state index in [1.54, 1.807) is 0 Å². The molecule has 0 radical (unpaired) electrons. The molecule has 2 N–H and O–H groups in total. The molecule has 0 aromatic heterocycles. The molecule has 1 aliphatic heterocycles. The highest BCUT2D eigenvalue weighted by Gasteiger charge is 2.56. The molecule has 1 amide bonds. The van der Waals surface area contributed by atoms with Crippen LogP contribution in [0.4, 0.5) is 13.2 Å². The van der Waals surface area contributed by atoms with Crippen LogP contribution >= 0.6 is 0 Å². The zero-order chi connectivity index (χ0) is 22.6. The van der Waals surface area contributed by atoms with Crippen molar-refractivity contribution >= 4 is 11.9 Å². The summed E-state index contributed by atoms with van der Waals surface area (Å²) in [6.07, 6.45) is -0.353. The molecule has 0 bridgehead atoms. The number of alkyl halides is 3. The number of amides is 1. The third-order valence-electron chi connectivity index (χ3n) is 7.01. The minimum Gasteiger partial charge on any atom is -0.480 e. The predicted octanol–water partition coefficient (Wildman–Crippen LogP) is 3.14. The number of benzene rings is 1. The van der Waals surface area contributed by atoms with Crippen molar-refractivity contribution in [2.75, 3.05) is 13.1 Å². The number of carboxylic acids is 1. The molecule has 1 atom stereocenters. The zero-order valence-corrected chi connectivity index (χ0v) is 17.4. The number of halogens is 3. The van der Waals surface area contributed by atoms with E-state index in [4.69, 9.17) is 0 Å². The Balaban J connectivity index is 1.46. The van der Waals surface area contributed by atoms with E-state index in [0.29, 0.717) is 51.3 Å². The van der Waals surface area contributed by atoms with E-state index in [0.717, 1.165) is 25.0 Å². The Morgan fingerprint density at radius 1 is 1.03 bits per heavy atom. The van der Waals surface area contributed by atoms with Gasteiger partial charge < -0.3 is 15.1 Å². The number of piperidine rings is 1. The summed E-state index contributed by atoms with van der Waals surface area (Å²) < 4.78 is 39.2. The summed E-state index contributed by atoms with van der Waals surface area (Å²) in [5, 5.41) is 19.3. The van der Waals surface area contributed by atoms with Crippen LogP contribution in [-0.2, 0) is 10.4 Å². The van der Waals surface area contributed by atoms with Gasteiger partial charge in [0.15, 0.2) is 5.60 Å². The molecule has 0 spiro atoms. The molecule has 1 aromatic rings. The molecule has 31 heavy (non-hydrogen) atoms. The van der Waals surface area contributed by atoms with E-state index in [-0.39, 0.29) is 23.6 Å². The normalized spacial score (nSPS) is 23.8. The van der Waals surface area contributed by atoms with Gasteiger partial charge in [-0.25, -0.2) is 0 Å². The summed E-state index contributed by atoms with van der Waals surface area (Å²) in [7, 11) is 0. The summed E-state index contributed by atoms with van der Waals surface area (Å²) >= 11 is 0.